The van der Waals surface area contributed by atoms with Crippen LogP contribution < -0.4 is 5.32 Å². The molecule has 0 aromatic heterocycles. The first-order chi connectivity index (χ1) is 8.50. The topological polar surface area (TPSA) is 32.3 Å². The Morgan fingerprint density at radius 3 is 2.42 bits per heavy atom. The average molecular weight is 283 g/mol. The fourth-order valence-electron chi connectivity index (χ4n) is 2.83. The van der Waals surface area contributed by atoms with Gasteiger partial charge in [0, 0.05) is 13.6 Å². The van der Waals surface area contributed by atoms with E-state index in [4.69, 9.17) is 0 Å². The van der Waals surface area contributed by atoms with Crippen LogP contribution in [0.1, 0.15) is 17.5 Å². The number of rotatable bonds is 4. The fourth-order valence-corrected chi connectivity index (χ4v) is 2.83. The molecule has 0 saturated heterocycles. The maximum atomic E-state index is 12.2. The Balaban J connectivity index is 0.00000180. The van der Waals surface area contributed by atoms with Crippen molar-refractivity contribution >= 4 is 18.3 Å². The minimum absolute atomic E-state index is 0. The third kappa shape index (κ3) is 2.93. The van der Waals surface area contributed by atoms with Gasteiger partial charge in [0.05, 0.1) is 5.41 Å². The highest BCUT2D eigenvalue weighted by Gasteiger charge is 2.60. The maximum Gasteiger partial charge on any atom is 0.230 e. The first-order valence-electron chi connectivity index (χ1n) is 6.44. The molecule has 1 fully saturated rings. The molecule has 1 aromatic carbocycles. The van der Waals surface area contributed by atoms with Gasteiger partial charge >= 0.3 is 0 Å². The van der Waals surface area contributed by atoms with Crippen LogP contribution in [0.15, 0.2) is 24.3 Å². The number of likely N-dealkylation sites (N-methyl/N-ethyl adjacent to an activating group) is 1. The van der Waals surface area contributed by atoms with E-state index in [0.29, 0.717) is 5.92 Å². The van der Waals surface area contributed by atoms with Crippen LogP contribution in [0.25, 0.3) is 0 Å². The molecular formula is C15H23ClN2O. The summed E-state index contributed by atoms with van der Waals surface area (Å²) in [5.41, 5.74) is 2.09. The summed E-state index contributed by atoms with van der Waals surface area (Å²) in [7, 11) is 5.84. The van der Waals surface area contributed by atoms with Crippen LogP contribution in [-0.4, -0.2) is 38.5 Å². The lowest BCUT2D eigenvalue weighted by atomic mass is 9.91. The van der Waals surface area contributed by atoms with Crippen molar-refractivity contribution in [3.63, 3.8) is 0 Å². The summed E-state index contributed by atoms with van der Waals surface area (Å²) in [6.45, 7) is 3.03. The quantitative estimate of drug-likeness (QED) is 0.916. The van der Waals surface area contributed by atoms with Crippen LogP contribution in [0.5, 0.6) is 0 Å². The molecule has 2 rings (SSSR count). The molecule has 106 valence electrons. The van der Waals surface area contributed by atoms with Gasteiger partial charge in [-0.15, -0.1) is 12.4 Å². The lowest BCUT2D eigenvalue weighted by molar-refractivity contribution is -0.123. The molecule has 0 aliphatic heterocycles. The zero-order valence-corrected chi connectivity index (χ0v) is 12.9. The SMILES string of the molecule is CNC(=O)[C@]1(c2ccc(C)cc2)C[C@@H]1CN(C)C.Cl. The first-order valence-corrected chi connectivity index (χ1v) is 6.44. The zero-order valence-electron chi connectivity index (χ0n) is 12.1. The highest BCUT2D eigenvalue weighted by atomic mass is 35.5. The van der Waals surface area contributed by atoms with Crippen molar-refractivity contribution in [2.75, 3.05) is 27.7 Å². The van der Waals surface area contributed by atoms with Crippen molar-refractivity contribution in [1.29, 1.82) is 0 Å². The van der Waals surface area contributed by atoms with E-state index >= 15 is 0 Å². The fraction of sp³-hybridized carbons (Fsp3) is 0.533. The van der Waals surface area contributed by atoms with E-state index in [-0.39, 0.29) is 23.7 Å². The molecule has 3 nitrogen and oxygen atoms in total. The molecule has 0 radical (unpaired) electrons. The van der Waals surface area contributed by atoms with Gasteiger partial charge in [0.1, 0.15) is 0 Å². The number of hydrogen-bond donors (Lipinski definition) is 1. The number of halogens is 1. The third-order valence-corrected chi connectivity index (χ3v) is 3.89. The zero-order chi connectivity index (χ0) is 13.3. The molecule has 1 aliphatic rings. The first kappa shape index (κ1) is 16.0. The van der Waals surface area contributed by atoms with Gasteiger partial charge in [-0.3, -0.25) is 4.79 Å². The van der Waals surface area contributed by atoms with Crippen molar-refractivity contribution in [1.82, 2.24) is 10.2 Å². The molecule has 19 heavy (non-hydrogen) atoms. The molecule has 0 bridgehead atoms. The van der Waals surface area contributed by atoms with Gasteiger partial charge in [-0.1, -0.05) is 29.8 Å². The number of nitrogens with one attached hydrogen (secondary N) is 1. The second-order valence-corrected chi connectivity index (χ2v) is 5.58. The molecular weight excluding hydrogens is 260 g/mol. The summed E-state index contributed by atoms with van der Waals surface area (Å²) in [4.78, 5) is 14.4. The van der Waals surface area contributed by atoms with Gasteiger partial charge in [-0.25, -0.2) is 0 Å². The van der Waals surface area contributed by atoms with E-state index in [1.165, 1.54) is 5.56 Å². The van der Waals surface area contributed by atoms with E-state index in [0.717, 1.165) is 18.5 Å². The second-order valence-electron chi connectivity index (χ2n) is 5.58. The Hall–Kier alpha value is -1.06. The van der Waals surface area contributed by atoms with E-state index in [2.05, 4.69) is 55.5 Å². The largest absolute Gasteiger partial charge is 0.358 e. The summed E-state index contributed by atoms with van der Waals surface area (Å²) in [6, 6.07) is 8.37. The van der Waals surface area contributed by atoms with Crippen molar-refractivity contribution < 1.29 is 4.79 Å². The van der Waals surface area contributed by atoms with Gasteiger partial charge < -0.3 is 10.2 Å². The van der Waals surface area contributed by atoms with Crippen molar-refractivity contribution in [2.45, 2.75) is 18.8 Å². The minimum Gasteiger partial charge on any atom is -0.358 e. The summed E-state index contributed by atoms with van der Waals surface area (Å²) in [5, 5.41) is 2.83. The van der Waals surface area contributed by atoms with Crippen LogP contribution in [0, 0.1) is 12.8 Å². The molecule has 1 aromatic rings. The molecule has 0 spiro atoms. The number of carbonyl (C=O) groups excluding carboxylic acids is 1. The van der Waals surface area contributed by atoms with Crippen LogP contribution >= 0.6 is 12.4 Å². The summed E-state index contributed by atoms with van der Waals surface area (Å²) in [5.74, 6) is 0.577. The Bertz CT molecular complexity index is 444. The number of amides is 1. The minimum atomic E-state index is -0.299. The monoisotopic (exact) mass is 282 g/mol. The Morgan fingerprint density at radius 1 is 1.37 bits per heavy atom. The molecule has 0 unspecified atom stereocenters. The third-order valence-electron chi connectivity index (χ3n) is 3.89. The van der Waals surface area contributed by atoms with Gasteiger partial charge in [0.2, 0.25) is 5.91 Å². The lowest BCUT2D eigenvalue weighted by Gasteiger charge is -2.18. The molecule has 1 N–H and O–H groups in total. The maximum absolute atomic E-state index is 12.2. The standard InChI is InChI=1S/C15H22N2O.ClH/c1-11-5-7-12(8-6-11)15(14(18)16-2)9-13(15)10-17(3)4;/h5-8,13H,9-10H2,1-4H3,(H,16,18);1H/t13-,15+;/m1./s1. The van der Waals surface area contributed by atoms with E-state index < -0.39 is 0 Å². The highest BCUT2D eigenvalue weighted by molar-refractivity contribution is 5.92. The molecule has 1 amide bonds. The van der Waals surface area contributed by atoms with Crippen LogP contribution in [0.4, 0.5) is 0 Å². The highest BCUT2D eigenvalue weighted by Crippen LogP contribution is 2.54. The lowest BCUT2D eigenvalue weighted by Crippen LogP contribution is -2.35. The van der Waals surface area contributed by atoms with Crippen LogP contribution in [-0.2, 0) is 10.2 Å². The number of hydrogen-bond acceptors (Lipinski definition) is 2. The molecule has 4 heteroatoms. The smallest absolute Gasteiger partial charge is 0.230 e. The van der Waals surface area contributed by atoms with E-state index in [9.17, 15) is 4.79 Å². The Morgan fingerprint density at radius 2 is 1.95 bits per heavy atom. The van der Waals surface area contributed by atoms with Crippen molar-refractivity contribution in [3.05, 3.63) is 35.4 Å². The predicted octanol–water partition coefficient (Wildman–Crippen LogP) is 1.98. The number of aryl methyl sites for hydroxylation is 1. The summed E-state index contributed by atoms with van der Waals surface area (Å²) < 4.78 is 0. The van der Waals surface area contributed by atoms with Gasteiger partial charge in [0.25, 0.3) is 0 Å². The summed E-state index contributed by atoms with van der Waals surface area (Å²) in [6.07, 6.45) is 0.952. The Labute approximate surface area is 121 Å². The number of benzene rings is 1. The number of carbonyl (C=O) groups is 1. The van der Waals surface area contributed by atoms with Gasteiger partial charge in [-0.05, 0) is 38.9 Å². The summed E-state index contributed by atoms with van der Waals surface area (Å²) >= 11 is 0. The second kappa shape index (κ2) is 5.93. The predicted molar refractivity (Wildman–Crippen MR) is 80.8 cm³/mol. The van der Waals surface area contributed by atoms with Crippen LogP contribution in [0.2, 0.25) is 0 Å². The van der Waals surface area contributed by atoms with Gasteiger partial charge in [-0.2, -0.15) is 0 Å². The number of nitrogens with zero attached hydrogens (tertiary/aromatic N) is 1. The van der Waals surface area contributed by atoms with Crippen molar-refractivity contribution in [3.8, 4) is 0 Å². The van der Waals surface area contributed by atoms with E-state index in [1.54, 1.807) is 7.05 Å². The normalized spacial score (nSPS) is 24.8. The van der Waals surface area contributed by atoms with Gasteiger partial charge in [0.15, 0.2) is 0 Å². The molecule has 1 saturated carbocycles. The van der Waals surface area contributed by atoms with E-state index in [1.807, 2.05) is 0 Å². The molecule has 0 heterocycles. The molecule has 1 aliphatic carbocycles. The Kier molecular flexibility index (Phi) is 4.99. The van der Waals surface area contributed by atoms with Crippen LogP contribution in [0.3, 0.4) is 0 Å². The molecule has 2 atom stereocenters. The average Bonchev–Trinajstić information content (AvgIpc) is 3.03. The van der Waals surface area contributed by atoms with Crippen molar-refractivity contribution in [2.24, 2.45) is 5.92 Å².